The van der Waals surface area contributed by atoms with Crippen LogP contribution in [0.25, 0.3) is 0 Å². The summed E-state index contributed by atoms with van der Waals surface area (Å²) in [5, 5.41) is 0.636. The van der Waals surface area contributed by atoms with Gasteiger partial charge in [-0.3, -0.25) is 4.99 Å². The van der Waals surface area contributed by atoms with Crippen LogP contribution in [0.3, 0.4) is 0 Å². The standard InChI is InChI=1S/C10H9ClN2/c1-2-6-13-10(12)8-4-3-5-9(11)7-8/h1,3-5,7H,6H2,(H2,12,13). The molecule has 0 aliphatic heterocycles. The number of halogens is 1. The number of terminal acetylenes is 1. The van der Waals surface area contributed by atoms with Gasteiger partial charge in [0.2, 0.25) is 0 Å². The maximum atomic E-state index is 5.77. The fraction of sp³-hybridized carbons (Fsp3) is 0.100. The van der Waals surface area contributed by atoms with Crippen molar-refractivity contribution in [3.63, 3.8) is 0 Å². The van der Waals surface area contributed by atoms with Gasteiger partial charge in [0.05, 0.1) is 0 Å². The van der Waals surface area contributed by atoms with Gasteiger partial charge in [0.1, 0.15) is 12.4 Å². The van der Waals surface area contributed by atoms with Crippen molar-refractivity contribution < 1.29 is 0 Å². The second-order valence-corrected chi connectivity index (χ2v) is 2.85. The monoisotopic (exact) mass is 192 g/mol. The molecular formula is C10H9ClN2. The molecule has 0 fully saturated rings. The van der Waals surface area contributed by atoms with Gasteiger partial charge >= 0.3 is 0 Å². The average Bonchev–Trinajstić information content (AvgIpc) is 2.14. The third kappa shape index (κ3) is 2.81. The number of rotatable bonds is 2. The molecule has 0 saturated carbocycles. The molecule has 1 aromatic rings. The highest BCUT2D eigenvalue weighted by molar-refractivity contribution is 6.31. The molecule has 3 heteroatoms. The van der Waals surface area contributed by atoms with E-state index in [4.69, 9.17) is 23.8 Å². The van der Waals surface area contributed by atoms with Crippen molar-refractivity contribution in [1.29, 1.82) is 0 Å². The highest BCUT2D eigenvalue weighted by Crippen LogP contribution is 2.09. The molecular weight excluding hydrogens is 184 g/mol. The van der Waals surface area contributed by atoms with Crippen LogP contribution in [0, 0.1) is 12.3 Å². The number of benzene rings is 1. The fourth-order valence-electron chi connectivity index (χ4n) is 0.870. The molecule has 2 nitrogen and oxygen atoms in total. The Kier molecular flexibility index (Phi) is 3.36. The van der Waals surface area contributed by atoms with E-state index in [-0.39, 0.29) is 0 Å². The van der Waals surface area contributed by atoms with Gasteiger partial charge in [0, 0.05) is 10.6 Å². The molecule has 0 aromatic heterocycles. The highest BCUT2D eigenvalue weighted by atomic mass is 35.5. The quantitative estimate of drug-likeness (QED) is 0.432. The third-order valence-electron chi connectivity index (χ3n) is 1.46. The van der Waals surface area contributed by atoms with Gasteiger partial charge in [0.15, 0.2) is 0 Å². The van der Waals surface area contributed by atoms with E-state index in [0.717, 1.165) is 5.56 Å². The Balaban J connectivity index is 2.90. The summed E-state index contributed by atoms with van der Waals surface area (Å²) in [6, 6.07) is 7.17. The summed E-state index contributed by atoms with van der Waals surface area (Å²) in [6.45, 7) is 0.290. The maximum absolute atomic E-state index is 5.77. The van der Waals surface area contributed by atoms with Crippen LogP contribution >= 0.6 is 11.6 Å². The summed E-state index contributed by atoms with van der Waals surface area (Å²) >= 11 is 5.77. The van der Waals surface area contributed by atoms with E-state index < -0.39 is 0 Å². The van der Waals surface area contributed by atoms with E-state index >= 15 is 0 Å². The van der Waals surface area contributed by atoms with Gasteiger partial charge in [-0.05, 0) is 12.1 Å². The molecule has 0 aliphatic rings. The van der Waals surface area contributed by atoms with Gasteiger partial charge in [-0.25, -0.2) is 0 Å². The second kappa shape index (κ2) is 4.54. The summed E-state index contributed by atoms with van der Waals surface area (Å²) in [7, 11) is 0. The Labute approximate surface area is 82.4 Å². The van der Waals surface area contributed by atoms with E-state index in [1.165, 1.54) is 0 Å². The Morgan fingerprint density at radius 3 is 3.00 bits per heavy atom. The Morgan fingerprint density at radius 1 is 1.62 bits per heavy atom. The Hall–Kier alpha value is -1.46. The van der Waals surface area contributed by atoms with E-state index in [1.807, 2.05) is 12.1 Å². The molecule has 0 atom stereocenters. The lowest BCUT2D eigenvalue weighted by molar-refractivity contribution is 1.26. The number of hydrogen-bond donors (Lipinski definition) is 1. The normalized spacial score (nSPS) is 10.9. The topological polar surface area (TPSA) is 38.4 Å². The van der Waals surface area contributed by atoms with Crippen LogP contribution in [0.2, 0.25) is 5.02 Å². The van der Waals surface area contributed by atoms with Gasteiger partial charge in [-0.15, -0.1) is 6.42 Å². The largest absolute Gasteiger partial charge is 0.383 e. The predicted octanol–water partition coefficient (Wildman–Crippen LogP) is 1.68. The zero-order valence-corrected chi connectivity index (χ0v) is 7.75. The van der Waals surface area contributed by atoms with Crippen LogP contribution in [-0.4, -0.2) is 12.4 Å². The Morgan fingerprint density at radius 2 is 2.38 bits per heavy atom. The predicted molar refractivity (Wildman–Crippen MR) is 55.9 cm³/mol. The SMILES string of the molecule is C#CCN=C(N)c1cccc(Cl)c1. The molecule has 0 amide bonds. The van der Waals surface area contributed by atoms with Gasteiger partial charge in [0.25, 0.3) is 0 Å². The molecule has 0 saturated heterocycles. The lowest BCUT2D eigenvalue weighted by atomic mass is 10.2. The number of amidine groups is 1. The molecule has 1 aromatic carbocycles. The molecule has 66 valence electrons. The van der Waals surface area contributed by atoms with Crippen LogP contribution < -0.4 is 5.73 Å². The van der Waals surface area contributed by atoms with Crippen LogP contribution in [-0.2, 0) is 0 Å². The third-order valence-corrected chi connectivity index (χ3v) is 1.70. The summed E-state index contributed by atoms with van der Waals surface area (Å²) in [4.78, 5) is 3.95. The minimum Gasteiger partial charge on any atom is -0.383 e. The second-order valence-electron chi connectivity index (χ2n) is 2.42. The van der Waals surface area contributed by atoms with E-state index in [2.05, 4.69) is 10.9 Å². The minimum atomic E-state index is 0.290. The molecule has 0 heterocycles. The fourth-order valence-corrected chi connectivity index (χ4v) is 1.06. The maximum Gasteiger partial charge on any atom is 0.126 e. The highest BCUT2D eigenvalue weighted by Gasteiger charge is 1.97. The van der Waals surface area contributed by atoms with Crippen LogP contribution in [0.5, 0.6) is 0 Å². The van der Waals surface area contributed by atoms with Crippen LogP contribution in [0.4, 0.5) is 0 Å². The molecule has 0 radical (unpaired) electrons. The molecule has 13 heavy (non-hydrogen) atoms. The first-order valence-corrected chi connectivity index (χ1v) is 4.11. The number of aliphatic imine (C=N–C) groups is 1. The number of nitrogens with two attached hydrogens (primary N) is 1. The first-order valence-electron chi connectivity index (χ1n) is 3.73. The average molecular weight is 193 g/mol. The van der Waals surface area contributed by atoms with Crippen LogP contribution in [0.15, 0.2) is 29.3 Å². The molecule has 1 rings (SSSR count). The lowest BCUT2D eigenvalue weighted by Gasteiger charge is -1.99. The molecule has 0 bridgehead atoms. The van der Waals surface area contributed by atoms with Crippen molar-refractivity contribution in [3.8, 4) is 12.3 Å². The zero-order valence-electron chi connectivity index (χ0n) is 7.00. The smallest absolute Gasteiger partial charge is 0.126 e. The van der Waals surface area contributed by atoms with E-state index in [1.54, 1.807) is 12.1 Å². The lowest BCUT2D eigenvalue weighted by Crippen LogP contribution is -2.13. The van der Waals surface area contributed by atoms with Crippen molar-refractivity contribution in [1.82, 2.24) is 0 Å². The van der Waals surface area contributed by atoms with Crippen molar-refractivity contribution >= 4 is 17.4 Å². The number of hydrogen-bond acceptors (Lipinski definition) is 1. The van der Waals surface area contributed by atoms with Crippen molar-refractivity contribution in [2.24, 2.45) is 10.7 Å². The zero-order chi connectivity index (χ0) is 9.68. The summed E-state index contributed by atoms with van der Waals surface area (Å²) < 4.78 is 0. The van der Waals surface area contributed by atoms with Crippen molar-refractivity contribution in [2.45, 2.75) is 0 Å². The van der Waals surface area contributed by atoms with E-state index in [9.17, 15) is 0 Å². The first-order chi connectivity index (χ1) is 6.24. The summed E-state index contributed by atoms with van der Waals surface area (Å²) in [6.07, 6.45) is 5.05. The molecule has 2 N–H and O–H groups in total. The molecule has 0 spiro atoms. The van der Waals surface area contributed by atoms with Crippen molar-refractivity contribution in [2.75, 3.05) is 6.54 Å². The van der Waals surface area contributed by atoms with Gasteiger partial charge in [-0.1, -0.05) is 29.7 Å². The van der Waals surface area contributed by atoms with Crippen LogP contribution in [0.1, 0.15) is 5.56 Å². The summed E-state index contributed by atoms with van der Waals surface area (Å²) in [5.74, 6) is 2.80. The Bertz CT molecular complexity index is 363. The number of nitrogens with zero attached hydrogens (tertiary/aromatic N) is 1. The van der Waals surface area contributed by atoms with E-state index in [0.29, 0.717) is 17.4 Å². The van der Waals surface area contributed by atoms with Gasteiger partial charge < -0.3 is 5.73 Å². The minimum absolute atomic E-state index is 0.290. The van der Waals surface area contributed by atoms with Crippen molar-refractivity contribution in [3.05, 3.63) is 34.9 Å². The first kappa shape index (κ1) is 9.63. The molecule has 0 aliphatic carbocycles. The summed E-state index contributed by atoms with van der Waals surface area (Å²) in [5.41, 5.74) is 6.44. The van der Waals surface area contributed by atoms with Gasteiger partial charge in [-0.2, -0.15) is 0 Å². The molecule has 0 unspecified atom stereocenters.